The van der Waals surface area contributed by atoms with Crippen molar-refractivity contribution < 1.29 is 4.42 Å². The Balaban J connectivity index is 2.53. The summed E-state index contributed by atoms with van der Waals surface area (Å²) < 4.78 is 6.24. The normalized spacial score (nSPS) is 12.8. The highest BCUT2D eigenvalue weighted by molar-refractivity contribution is 9.10. The third kappa shape index (κ3) is 3.18. The van der Waals surface area contributed by atoms with Gasteiger partial charge in [0.1, 0.15) is 5.76 Å². The van der Waals surface area contributed by atoms with Crippen molar-refractivity contribution in [3.63, 3.8) is 0 Å². The molecule has 0 spiro atoms. The van der Waals surface area contributed by atoms with E-state index in [1.807, 2.05) is 13.0 Å². The fraction of sp³-hybridized carbons (Fsp3) is 0.333. The maximum Gasteiger partial charge on any atom is 0.134 e. The Hall–Kier alpha value is -0.250. The fourth-order valence-electron chi connectivity index (χ4n) is 0.971. The first-order valence-electron chi connectivity index (χ1n) is 3.91. The van der Waals surface area contributed by atoms with Crippen LogP contribution in [0.4, 0.5) is 0 Å². The van der Waals surface area contributed by atoms with Crippen LogP contribution in [0.3, 0.4) is 0 Å². The molecular weight excluding hydrogens is 253 g/mol. The second-order valence-electron chi connectivity index (χ2n) is 2.75. The van der Waals surface area contributed by atoms with Crippen LogP contribution < -0.4 is 5.32 Å². The van der Waals surface area contributed by atoms with E-state index in [0.29, 0.717) is 11.6 Å². The predicted octanol–water partition coefficient (Wildman–Crippen LogP) is 3.45. The minimum Gasteiger partial charge on any atom is -0.466 e. The number of rotatable bonds is 4. The molecule has 4 heteroatoms. The lowest BCUT2D eigenvalue weighted by molar-refractivity contribution is 0.438. The van der Waals surface area contributed by atoms with E-state index >= 15 is 0 Å². The molecule has 1 N–H and O–H groups in total. The van der Waals surface area contributed by atoms with Crippen molar-refractivity contribution in [1.82, 2.24) is 5.32 Å². The number of furan rings is 1. The first kappa shape index (κ1) is 10.8. The molecule has 1 heterocycles. The molecule has 0 saturated carbocycles. The summed E-state index contributed by atoms with van der Waals surface area (Å²) >= 11 is 9.01. The van der Waals surface area contributed by atoms with Crippen LogP contribution in [0.5, 0.6) is 0 Å². The summed E-state index contributed by atoms with van der Waals surface area (Å²) in [5, 5.41) is 3.76. The maximum absolute atomic E-state index is 5.62. The summed E-state index contributed by atoms with van der Waals surface area (Å²) in [4.78, 5) is 0. The van der Waals surface area contributed by atoms with Gasteiger partial charge in [-0.05, 0) is 28.9 Å². The Morgan fingerprint density at radius 3 is 3.00 bits per heavy atom. The number of hydrogen-bond donors (Lipinski definition) is 1. The number of nitrogens with one attached hydrogen (secondary N) is 1. The average Bonchev–Trinajstić information content (AvgIpc) is 2.47. The van der Waals surface area contributed by atoms with Crippen LogP contribution in [0, 0.1) is 0 Å². The van der Waals surface area contributed by atoms with E-state index in [0.717, 1.165) is 10.2 Å². The van der Waals surface area contributed by atoms with Crippen molar-refractivity contribution >= 4 is 27.5 Å². The lowest BCUT2D eigenvalue weighted by atomic mass is 10.2. The van der Waals surface area contributed by atoms with Gasteiger partial charge in [-0.3, -0.25) is 0 Å². The molecule has 1 rings (SSSR count). The van der Waals surface area contributed by atoms with E-state index in [9.17, 15) is 0 Å². The number of hydrogen-bond acceptors (Lipinski definition) is 2. The van der Waals surface area contributed by atoms with Gasteiger partial charge in [0.25, 0.3) is 0 Å². The van der Waals surface area contributed by atoms with Crippen molar-refractivity contribution in [2.24, 2.45) is 0 Å². The van der Waals surface area contributed by atoms with Crippen molar-refractivity contribution in [2.45, 2.75) is 13.0 Å². The maximum atomic E-state index is 5.62. The highest BCUT2D eigenvalue weighted by Gasteiger charge is 2.11. The lowest BCUT2D eigenvalue weighted by Crippen LogP contribution is -2.19. The molecule has 0 amide bonds. The zero-order valence-corrected chi connectivity index (χ0v) is 9.65. The van der Waals surface area contributed by atoms with Crippen molar-refractivity contribution in [3.05, 3.63) is 34.2 Å². The zero-order valence-electron chi connectivity index (χ0n) is 7.31. The van der Waals surface area contributed by atoms with Crippen LogP contribution in [0.2, 0.25) is 0 Å². The van der Waals surface area contributed by atoms with Crippen molar-refractivity contribution in [1.29, 1.82) is 0 Å². The van der Waals surface area contributed by atoms with Crippen molar-refractivity contribution in [2.75, 3.05) is 6.54 Å². The summed E-state index contributed by atoms with van der Waals surface area (Å²) in [7, 11) is 0. The van der Waals surface area contributed by atoms with Gasteiger partial charge in [-0.15, -0.1) is 0 Å². The van der Waals surface area contributed by atoms with E-state index in [1.54, 1.807) is 6.26 Å². The Morgan fingerprint density at radius 2 is 2.54 bits per heavy atom. The highest BCUT2D eigenvalue weighted by atomic mass is 79.9. The van der Waals surface area contributed by atoms with Crippen LogP contribution in [-0.4, -0.2) is 6.54 Å². The molecule has 0 aromatic carbocycles. The second-order valence-corrected chi connectivity index (χ2v) is 4.14. The van der Waals surface area contributed by atoms with Crippen molar-refractivity contribution in [3.8, 4) is 0 Å². The summed E-state index contributed by atoms with van der Waals surface area (Å²) in [6, 6.07) is 1.99. The van der Waals surface area contributed by atoms with Gasteiger partial charge in [0.05, 0.1) is 16.8 Å². The molecule has 0 bridgehead atoms. The van der Waals surface area contributed by atoms with E-state index in [2.05, 4.69) is 27.8 Å². The van der Waals surface area contributed by atoms with Crippen LogP contribution >= 0.6 is 27.5 Å². The SMILES string of the molecule is C=C(Cl)CNC(C)c1occc1Br. The second kappa shape index (κ2) is 4.84. The van der Waals surface area contributed by atoms with Crippen LogP contribution in [0.25, 0.3) is 0 Å². The molecule has 0 aliphatic heterocycles. The van der Waals surface area contributed by atoms with Gasteiger partial charge >= 0.3 is 0 Å². The molecule has 72 valence electrons. The Labute approximate surface area is 91.1 Å². The molecular formula is C9H11BrClNO. The molecule has 1 unspecified atom stereocenters. The van der Waals surface area contributed by atoms with Crippen LogP contribution in [0.1, 0.15) is 18.7 Å². The van der Waals surface area contributed by atoms with E-state index in [1.165, 1.54) is 0 Å². The highest BCUT2D eigenvalue weighted by Crippen LogP contribution is 2.24. The minimum absolute atomic E-state index is 0.125. The standard InChI is InChI=1S/C9H11BrClNO/c1-6(11)5-12-7(2)9-8(10)3-4-13-9/h3-4,7,12H,1,5H2,2H3. The van der Waals surface area contributed by atoms with E-state index in [-0.39, 0.29) is 6.04 Å². The third-order valence-corrected chi connectivity index (χ3v) is 2.43. The molecule has 0 aliphatic rings. The number of halogens is 2. The summed E-state index contributed by atoms with van der Waals surface area (Å²) in [6.45, 7) is 6.17. The summed E-state index contributed by atoms with van der Waals surface area (Å²) in [6.07, 6.45) is 1.65. The minimum atomic E-state index is 0.125. The van der Waals surface area contributed by atoms with Gasteiger partial charge in [-0.2, -0.15) is 0 Å². The molecule has 0 saturated heterocycles. The molecule has 2 nitrogen and oxygen atoms in total. The predicted molar refractivity (Wildman–Crippen MR) is 57.8 cm³/mol. The molecule has 13 heavy (non-hydrogen) atoms. The average molecular weight is 265 g/mol. The van der Waals surface area contributed by atoms with E-state index in [4.69, 9.17) is 16.0 Å². The Kier molecular flexibility index (Phi) is 4.03. The van der Waals surface area contributed by atoms with Crippen LogP contribution in [0.15, 0.2) is 32.8 Å². The summed E-state index contributed by atoms with van der Waals surface area (Å²) in [5.74, 6) is 0.873. The Morgan fingerprint density at radius 1 is 1.85 bits per heavy atom. The first-order chi connectivity index (χ1) is 6.11. The zero-order chi connectivity index (χ0) is 9.84. The lowest BCUT2D eigenvalue weighted by Gasteiger charge is -2.10. The molecule has 0 fully saturated rings. The molecule has 1 aromatic heterocycles. The molecule has 0 aliphatic carbocycles. The summed E-state index contributed by atoms with van der Waals surface area (Å²) in [5.41, 5.74) is 0. The topological polar surface area (TPSA) is 25.2 Å². The van der Waals surface area contributed by atoms with Gasteiger partial charge < -0.3 is 9.73 Å². The monoisotopic (exact) mass is 263 g/mol. The van der Waals surface area contributed by atoms with Gasteiger partial charge in [0, 0.05) is 11.6 Å². The molecule has 1 aromatic rings. The van der Waals surface area contributed by atoms with Gasteiger partial charge in [-0.25, -0.2) is 0 Å². The van der Waals surface area contributed by atoms with E-state index < -0.39 is 0 Å². The molecule has 0 radical (unpaired) electrons. The quantitative estimate of drug-likeness (QED) is 0.901. The van der Waals surface area contributed by atoms with Gasteiger partial charge in [0.2, 0.25) is 0 Å². The largest absolute Gasteiger partial charge is 0.466 e. The first-order valence-corrected chi connectivity index (χ1v) is 5.08. The van der Waals surface area contributed by atoms with Gasteiger partial charge in [-0.1, -0.05) is 18.2 Å². The smallest absolute Gasteiger partial charge is 0.134 e. The fourth-order valence-corrected chi connectivity index (χ4v) is 1.59. The molecule has 1 atom stereocenters. The Bertz CT molecular complexity index is 298. The van der Waals surface area contributed by atoms with Crippen LogP contribution in [-0.2, 0) is 0 Å². The van der Waals surface area contributed by atoms with Gasteiger partial charge in [0.15, 0.2) is 0 Å². The third-order valence-electron chi connectivity index (χ3n) is 1.64.